The van der Waals surface area contributed by atoms with Crippen molar-refractivity contribution in [3.05, 3.63) is 29.8 Å². The number of rotatable bonds is 6. The van der Waals surface area contributed by atoms with Gasteiger partial charge in [-0.15, -0.1) is 0 Å². The second kappa shape index (κ2) is 6.19. The third-order valence-electron chi connectivity index (χ3n) is 1.98. The lowest BCUT2D eigenvalue weighted by molar-refractivity contribution is 0.340. The van der Waals surface area contributed by atoms with E-state index in [0.717, 1.165) is 18.6 Å². The smallest absolute Gasteiger partial charge is 0.198 e. The highest BCUT2D eigenvalue weighted by atomic mass is 16.5. The van der Waals surface area contributed by atoms with Gasteiger partial charge in [0.25, 0.3) is 0 Å². The molecule has 0 heterocycles. The molecule has 0 saturated heterocycles. The lowest BCUT2D eigenvalue weighted by Gasteiger charge is -2.03. The largest absolute Gasteiger partial charge is 0.494 e. The van der Waals surface area contributed by atoms with Crippen LogP contribution in [0, 0.1) is 0 Å². The van der Waals surface area contributed by atoms with E-state index in [1.165, 1.54) is 5.56 Å². The van der Waals surface area contributed by atoms with Crippen molar-refractivity contribution in [3.8, 4) is 5.75 Å². The van der Waals surface area contributed by atoms with Crippen LogP contribution in [0.3, 0.4) is 0 Å². The molecule has 0 amide bonds. The van der Waals surface area contributed by atoms with E-state index in [0.29, 0.717) is 13.0 Å². The van der Waals surface area contributed by atoms with Crippen LogP contribution in [0.1, 0.15) is 25.3 Å². The van der Waals surface area contributed by atoms with E-state index in [4.69, 9.17) is 4.74 Å². The van der Waals surface area contributed by atoms with Gasteiger partial charge >= 0.3 is 0 Å². The number of hydrogen-bond donors (Lipinski definition) is 0. The maximum absolute atomic E-state index is 9.99. The SMILES string of the molecule is CCOc1ccc(CCC[C]=O)cc1. The molecule has 1 aromatic carbocycles. The van der Waals surface area contributed by atoms with Crippen LogP contribution in [0.25, 0.3) is 0 Å². The standard InChI is InChI=1S/C12H15O2/c1-2-14-12-8-6-11(7-9-12)5-3-4-10-13/h6-9H,2-5H2,1H3. The highest BCUT2D eigenvalue weighted by molar-refractivity contribution is 5.50. The first-order chi connectivity index (χ1) is 6.86. The Balaban J connectivity index is 2.42. The summed E-state index contributed by atoms with van der Waals surface area (Å²) in [6, 6.07) is 8.00. The molecule has 0 spiro atoms. The van der Waals surface area contributed by atoms with E-state index in [9.17, 15) is 4.79 Å². The summed E-state index contributed by atoms with van der Waals surface area (Å²) in [5.41, 5.74) is 1.24. The summed E-state index contributed by atoms with van der Waals surface area (Å²) < 4.78 is 5.32. The molecule has 0 aliphatic carbocycles. The molecule has 14 heavy (non-hydrogen) atoms. The van der Waals surface area contributed by atoms with E-state index in [2.05, 4.69) is 0 Å². The fourth-order valence-electron chi connectivity index (χ4n) is 1.28. The van der Waals surface area contributed by atoms with Gasteiger partial charge in [-0.2, -0.15) is 0 Å². The molecule has 1 radical (unpaired) electrons. The van der Waals surface area contributed by atoms with Gasteiger partial charge in [0.15, 0.2) is 6.29 Å². The number of hydrogen-bond acceptors (Lipinski definition) is 2. The fourth-order valence-corrected chi connectivity index (χ4v) is 1.28. The van der Waals surface area contributed by atoms with Gasteiger partial charge in [-0.25, -0.2) is 0 Å². The summed E-state index contributed by atoms with van der Waals surface area (Å²) in [7, 11) is 0. The zero-order valence-corrected chi connectivity index (χ0v) is 8.45. The molecule has 1 aromatic rings. The minimum Gasteiger partial charge on any atom is -0.494 e. The van der Waals surface area contributed by atoms with Crippen LogP contribution in [-0.2, 0) is 11.2 Å². The minimum atomic E-state index is 0.521. The zero-order valence-electron chi connectivity index (χ0n) is 8.45. The average Bonchev–Trinajstić information content (AvgIpc) is 2.21. The normalized spacial score (nSPS) is 9.79. The Hall–Kier alpha value is -1.31. The molecule has 0 aliphatic rings. The maximum atomic E-state index is 9.99. The summed E-state index contributed by atoms with van der Waals surface area (Å²) in [6.45, 7) is 2.66. The van der Waals surface area contributed by atoms with Crippen molar-refractivity contribution in [2.45, 2.75) is 26.2 Å². The van der Waals surface area contributed by atoms with Crippen molar-refractivity contribution in [2.75, 3.05) is 6.61 Å². The first kappa shape index (κ1) is 10.8. The van der Waals surface area contributed by atoms with E-state index >= 15 is 0 Å². The van der Waals surface area contributed by atoms with Crippen molar-refractivity contribution >= 4 is 6.29 Å². The molecule has 75 valence electrons. The monoisotopic (exact) mass is 191 g/mol. The van der Waals surface area contributed by atoms with Gasteiger partial charge in [-0.05, 0) is 37.5 Å². The lowest BCUT2D eigenvalue weighted by atomic mass is 10.1. The zero-order chi connectivity index (χ0) is 10.2. The summed E-state index contributed by atoms with van der Waals surface area (Å²) in [6.07, 6.45) is 4.22. The maximum Gasteiger partial charge on any atom is 0.198 e. The predicted molar refractivity (Wildman–Crippen MR) is 56.2 cm³/mol. The topological polar surface area (TPSA) is 26.3 Å². The average molecular weight is 191 g/mol. The first-order valence-corrected chi connectivity index (χ1v) is 4.93. The van der Waals surface area contributed by atoms with Crippen molar-refractivity contribution in [1.29, 1.82) is 0 Å². The Kier molecular flexibility index (Phi) is 4.76. The highest BCUT2D eigenvalue weighted by Gasteiger charge is 1.94. The second-order valence-electron chi connectivity index (χ2n) is 3.07. The molecule has 0 bridgehead atoms. The molecule has 0 fully saturated rings. The van der Waals surface area contributed by atoms with Gasteiger partial charge in [0, 0.05) is 6.42 Å². The molecule has 1 rings (SSSR count). The van der Waals surface area contributed by atoms with Crippen LogP contribution in [0.15, 0.2) is 24.3 Å². The van der Waals surface area contributed by atoms with Crippen molar-refractivity contribution in [3.63, 3.8) is 0 Å². The van der Waals surface area contributed by atoms with E-state index in [1.807, 2.05) is 37.5 Å². The Morgan fingerprint density at radius 2 is 2.00 bits per heavy atom. The van der Waals surface area contributed by atoms with E-state index < -0.39 is 0 Å². The van der Waals surface area contributed by atoms with Gasteiger partial charge in [0.1, 0.15) is 5.75 Å². The Morgan fingerprint density at radius 1 is 1.29 bits per heavy atom. The highest BCUT2D eigenvalue weighted by Crippen LogP contribution is 2.13. The van der Waals surface area contributed by atoms with Gasteiger partial charge in [-0.3, -0.25) is 4.79 Å². The number of unbranched alkanes of at least 4 members (excludes halogenated alkanes) is 1. The third-order valence-corrected chi connectivity index (χ3v) is 1.98. The molecular weight excluding hydrogens is 176 g/mol. The molecule has 2 heteroatoms. The molecule has 0 aliphatic heterocycles. The molecule has 2 nitrogen and oxygen atoms in total. The van der Waals surface area contributed by atoms with Crippen LogP contribution in [0.2, 0.25) is 0 Å². The van der Waals surface area contributed by atoms with E-state index in [-0.39, 0.29) is 0 Å². The van der Waals surface area contributed by atoms with Crippen molar-refractivity contribution in [1.82, 2.24) is 0 Å². The van der Waals surface area contributed by atoms with Gasteiger partial charge < -0.3 is 4.74 Å². The van der Waals surface area contributed by atoms with Crippen molar-refractivity contribution in [2.24, 2.45) is 0 Å². The summed E-state index contributed by atoms with van der Waals surface area (Å²) in [4.78, 5) is 9.99. The minimum absolute atomic E-state index is 0.521. The number of benzene rings is 1. The summed E-state index contributed by atoms with van der Waals surface area (Å²) >= 11 is 0. The predicted octanol–water partition coefficient (Wildman–Crippen LogP) is 2.52. The third kappa shape index (κ3) is 3.60. The Labute approximate surface area is 84.9 Å². The molecule has 0 N–H and O–H groups in total. The quantitative estimate of drug-likeness (QED) is 0.646. The van der Waals surface area contributed by atoms with Crippen LogP contribution in [0.4, 0.5) is 0 Å². The van der Waals surface area contributed by atoms with Gasteiger partial charge in [0.2, 0.25) is 0 Å². The van der Waals surface area contributed by atoms with Gasteiger partial charge in [-0.1, -0.05) is 12.1 Å². The molecule has 0 saturated carbocycles. The van der Waals surface area contributed by atoms with Crippen LogP contribution >= 0.6 is 0 Å². The molecule has 0 aromatic heterocycles. The number of aryl methyl sites for hydroxylation is 1. The molecule has 0 atom stereocenters. The number of carbonyl (C=O) groups excluding carboxylic acids is 1. The van der Waals surface area contributed by atoms with Crippen LogP contribution in [0.5, 0.6) is 5.75 Å². The van der Waals surface area contributed by atoms with Gasteiger partial charge in [0.05, 0.1) is 6.61 Å². The summed E-state index contributed by atoms with van der Waals surface area (Å²) in [5, 5.41) is 0. The fraction of sp³-hybridized carbons (Fsp3) is 0.417. The molecular formula is C12H15O2. The Morgan fingerprint density at radius 3 is 2.57 bits per heavy atom. The number of ether oxygens (including phenoxy) is 1. The lowest BCUT2D eigenvalue weighted by Crippen LogP contribution is -1.92. The molecule has 0 unspecified atom stereocenters. The van der Waals surface area contributed by atoms with E-state index in [1.54, 1.807) is 0 Å². The van der Waals surface area contributed by atoms with Crippen LogP contribution in [-0.4, -0.2) is 12.9 Å². The summed E-state index contributed by atoms with van der Waals surface area (Å²) in [5.74, 6) is 0.901. The second-order valence-corrected chi connectivity index (χ2v) is 3.07. The Bertz CT molecular complexity index is 264. The first-order valence-electron chi connectivity index (χ1n) is 4.93. The van der Waals surface area contributed by atoms with Crippen LogP contribution < -0.4 is 4.74 Å². The van der Waals surface area contributed by atoms with Crippen molar-refractivity contribution < 1.29 is 9.53 Å².